The van der Waals surface area contributed by atoms with Gasteiger partial charge in [0.2, 0.25) is 0 Å². The zero-order chi connectivity index (χ0) is 11.6. The Morgan fingerprint density at radius 2 is 1.80 bits per heavy atom. The summed E-state index contributed by atoms with van der Waals surface area (Å²) in [6, 6.07) is 3.78. The SMILES string of the molecule is COCc1ccc(Cl)c(C(C)(C)C)c1Cl. The van der Waals surface area contributed by atoms with Crippen molar-refractivity contribution in [3.63, 3.8) is 0 Å². The first-order chi connectivity index (χ1) is 6.88. The lowest BCUT2D eigenvalue weighted by atomic mass is 9.86. The van der Waals surface area contributed by atoms with E-state index in [-0.39, 0.29) is 5.41 Å². The van der Waals surface area contributed by atoms with Gasteiger partial charge in [0.05, 0.1) is 11.6 Å². The average molecular weight is 247 g/mol. The van der Waals surface area contributed by atoms with Gasteiger partial charge in [-0.3, -0.25) is 0 Å². The highest BCUT2D eigenvalue weighted by Crippen LogP contribution is 2.37. The summed E-state index contributed by atoms with van der Waals surface area (Å²) in [7, 11) is 1.65. The third-order valence-corrected chi connectivity index (χ3v) is 2.97. The minimum absolute atomic E-state index is 0.0576. The molecule has 0 spiro atoms. The predicted molar refractivity (Wildman–Crippen MR) is 65.9 cm³/mol. The van der Waals surface area contributed by atoms with Gasteiger partial charge in [-0.1, -0.05) is 50.0 Å². The molecule has 0 amide bonds. The molecule has 0 aliphatic rings. The predicted octanol–water partition coefficient (Wildman–Crippen LogP) is 4.44. The molecule has 0 bridgehead atoms. The molecule has 0 saturated heterocycles. The first-order valence-corrected chi connectivity index (χ1v) is 5.60. The van der Waals surface area contributed by atoms with Gasteiger partial charge in [0, 0.05) is 12.1 Å². The van der Waals surface area contributed by atoms with E-state index in [4.69, 9.17) is 27.9 Å². The number of halogens is 2. The maximum Gasteiger partial charge on any atom is 0.0727 e. The summed E-state index contributed by atoms with van der Waals surface area (Å²) < 4.78 is 5.09. The molecule has 0 aliphatic carbocycles. The smallest absolute Gasteiger partial charge is 0.0727 e. The van der Waals surface area contributed by atoms with Crippen molar-refractivity contribution in [3.8, 4) is 0 Å². The standard InChI is InChI=1S/C12H16Cl2O/c1-12(2,3)10-9(13)6-5-8(7-15-4)11(10)14/h5-6H,7H2,1-4H3. The lowest BCUT2D eigenvalue weighted by molar-refractivity contribution is 0.185. The molecule has 0 aliphatic heterocycles. The summed E-state index contributed by atoms with van der Waals surface area (Å²) in [4.78, 5) is 0. The molecular formula is C12H16Cl2O. The largest absolute Gasteiger partial charge is 0.380 e. The molecule has 0 N–H and O–H groups in total. The van der Waals surface area contributed by atoms with Gasteiger partial charge in [0.15, 0.2) is 0 Å². The zero-order valence-electron chi connectivity index (χ0n) is 9.53. The number of ether oxygens (including phenoxy) is 1. The number of methoxy groups -OCH3 is 1. The molecule has 1 aromatic carbocycles. The summed E-state index contributed by atoms with van der Waals surface area (Å²) in [5.41, 5.74) is 1.91. The van der Waals surface area contributed by atoms with Crippen molar-refractivity contribution in [2.75, 3.05) is 7.11 Å². The second-order valence-electron chi connectivity index (χ2n) is 4.58. The molecular weight excluding hydrogens is 231 g/mol. The number of hydrogen-bond acceptors (Lipinski definition) is 1. The maximum absolute atomic E-state index is 6.31. The Morgan fingerprint density at radius 3 is 2.27 bits per heavy atom. The van der Waals surface area contributed by atoms with Gasteiger partial charge < -0.3 is 4.74 Å². The van der Waals surface area contributed by atoms with Crippen molar-refractivity contribution in [3.05, 3.63) is 33.3 Å². The first kappa shape index (κ1) is 12.8. The van der Waals surface area contributed by atoms with Crippen LogP contribution in [0.3, 0.4) is 0 Å². The van der Waals surface area contributed by atoms with Crippen molar-refractivity contribution in [2.45, 2.75) is 32.8 Å². The van der Waals surface area contributed by atoms with Gasteiger partial charge in [0.1, 0.15) is 0 Å². The fraction of sp³-hybridized carbons (Fsp3) is 0.500. The molecule has 0 saturated carbocycles. The van der Waals surface area contributed by atoms with Crippen molar-refractivity contribution in [1.29, 1.82) is 0 Å². The van der Waals surface area contributed by atoms with Crippen LogP contribution in [-0.4, -0.2) is 7.11 Å². The molecule has 0 fully saturated rings. The van der Waals surface area contributed by atoms with Crippen molar-refractivity contribution < 1.29 is 4.74 Å². The van der Waals surface area contributed by atoms with Crippen molar-refractivity contribution >= 4 is 23.2 Å². The number of hydrogen-bond donors (Lipinski definition) is 0. The third kappa shape index (κ3) is 2.87. The van der Waals surface area contributed by atoms with E-state index in [0.717, 1.165) is 16.1 Å². The molecule has 0 heterocycles. The summed E-state index contributed by atoms with van der Waals surface area (Å²) in [5, 5.41) is 1.43. The normalized spacial score (nSPS) is 11.9. The molecule has 15 heavy (non-hydrogen) atoms. The minimum Gasteiger partial charge on any atom is -0.380 e. The van der Waals surface area contributed by atoms with E-state index in [1.807, 2.05) is 12.1 Å². The van der Waals surface area contributed by atoms with E-state index in [1.54, 1.807) is 7.11 Å². The van der Waals surface area contributed by atoms with Crippen LogP contribution in [0.25, 0.3) is 0 Å². The van der Waals surface area contributed by atoms with Gasteiger partial charge in [-0.2, -0.15) is 0 Å². The van der Waals surface area contributed by atoms with Gasteiger partial charge in [-0.05, 0) is 22.6 Å². The summed E-state index contributed by atoms with van der Waals surface area (Å²) in [6.07, 6.45) is 0. The molecule has 0 aromatic heterocycles. The number of benzene rings is 1. The Labute approximate surface area is 101 Å². The molecule has 0 radical (unpaired) electrons. The monoisotopic (exact) mass is 246 g/mol. The molecule has 1 nitrogen and oxygen atoms in total. The molecule has 84 valence electrons. The molecule has 0 atom stereocenters. The number of rotatable bonds is 2. The maximum atomic E-state index is 6.31. The van der Waals surface area contributed by atoms with Crippen molar-refractivity contribution in [1.82, 2.24) is 0 Å². The quantitative estimate of drug-likeness (QED) is 0.750. The van der Waals surface area contributed by atoms with E-state index in [2.05, 4.69) is 20.8 Å². The van der Waals surface area contributed by atoms with Crippen LogP contribution in [0.5, 0.6) is 0 Å². The highest BCUT2D eigenvalue weighted by atomic mass is 35.5. The van der Waals surface area contributed by atoms with Gasteiger partial charge in [-0.25, -0.2) is 0 Å². The Hall–Kier alpha value is -0.240. The Balaban J connectivity index is 3.30. The Kier molecular flexibility index (Phi) is 4.05. The third-order valence-electron chi connectivity index (χ3n) is 2.22. The highest BCUT2D eigenvalue weighted by molar-refractivity contribution is 6.36. The Bertz CT molecular complexity index is 353. The summed E-state index contributed by atoms with van der Waals surface area (Å²) in [5.74, 6) is 0. The van der Waals surface area contributed by atoms with E-state index in [0.29, 0.717) is 11.6 Å². The second kappa shape index (κ2) is 4.73. The van der Waals surface area contributed by atoms with Crippen LogP contribution < -0.4 is 0 Å². The van der Waals surface area contributed by atoms with E-state index in [9.17, 15) is 0 Å². The lowest BCUT2D eigenvalue weighted by Gasteiger charge is -2.23. The molecule has 1 aromatic rings. The van der Waals surface area contributed by atoms with Crippen LogP contribution in [0.15, 0.2) is 12.1 Å². The second-order valence-corrected chi connectivity index (χ2v) is 5.36. The minimum atomic E-state index is -0.0576. The summed E-state index contributed by atoms with van der Waals surface area (Å²) in [6.45, 7) is 6.79. The summed E-state index contributed by atoms with van der Waals surface area (Å²) >= 11 is 12.5. The fourth-order valence-electron chi connectivity index (χ4n) is 1.55. The van der Waals surface area contributed by atoms with Crippen LogP contribution in [0.4, 0.5) is 0 Å². The van der Waals surface area contributed by atoms with Crippen molar-refractivity contribution in [2.24, 2.45) is 0 Å². The van der Waals surface area contributed by atoms with Crippen LogP contribution in [0, 0.1) is 0 Å². The Morgan fingerprint density at radius 1 is 1.20 bits per heavy atom. The van der Waals surface area contributed by atoms with E-state index >= 15 is 0 Å². The average Bonchev–Trinajstić information content (AvgIpc) is 2.08. The van der Waals surface area contributed by atoms with Gasteiger partial charge >= 0.3 is 0 Å². The molecule has 3 heteroatoms. The van der Waals surface area contributed by atoms with Gasteiger partial charge in [-0.15, -0.1) is 0 Å². The fourth-order valence-corrected chi connectivity index (χ4v) is 2.54. The van der Waals surface area contributed by atoms with Gasteiger partial charge in [0.25, 0.3) is 0 Å². The first-order valence-electron chi connectivity index (χ1n) is 4.84. The van der Waals surface area contributed by atoms with Crippen LogP contribution >= 0.6 is 23.2 Å². The van der Waals surface area contributed by atoms with E-state index < -0.39 is 0 Å². The van der Waals surface area contributed by atoms with E-state index in [1.165, 1.54) is 0 Å². The molecule has 1 rings (SSSR count). The van der Waals surface area contributed by atoms with Crippen LogP contribution in [0.2, 0.25) is 10.0 Å². The molecule has 0 unspecified atom stereocenters. The lowest BCUT2D eigenvalue weighted by Crippen LogP contribution is -2.13. The van der Waals surface area contributed by atoms with Crippen LogP contribution in [0.1, 0.15) is 31.9 Å². The topological polar surface area (TPSA) is 9.23 Å². The highest BCUT2D eigenvalue weighted by Gasteiger charge is 2.22. The van der Waals surface area contributed by atoms with Crippen LogP contribution in [-0.2, 0) is 16.8 Å². The zero-order valence-corrected chi connectivity index (χ0v) is 11.0.